The quantitative estimate of drug-likeness (QED) is 0.710. The van der Waals surface area contributed by atoms with E-state index in [2.05, 4.69) is 15.9 Å². The van der Waals surface area contributed by atoms with E-state index in [-0.39, 0.29) is 0 Å². The fraction of sp³-hybridized carbons (Fsp3) is 0.0909. The number of benzene rings is 1. The maximum absolute atomic E-state index is 13.3. The van der Waals surface area contributed by atoms with Gasteiger partial charge in [-0.05, 0) is 39.5 Å². The van der Waals surface area contributed by atoms with Crippen LogP contribution in [0.25, 0.3) is 0 Å². The van der Waals surface area contributed by atoms with Crippen LogP contribution >= 0.6 is 39.0 Å². The molecule has 84 valence electrons. The lowest BCUT2D eigenvalue weighted by atomic mass is 10.3. The van der Waals surface area contributed by atoms with Crippen LogP contribution < -0.4 is 0 Å². The normalized spacial score (nSPS) is 10.7. The Morgan fingerprint density at radius 2 is 2.06 bits per heavy atom. The molecule has 0 saturated heterocycles. The van der Waals surface area contributed by atoms with Gasteiger partial charge in [-0.3, -0.25) is 0 Å². The van der Waals surface area contributed by atoms with Crippen LogP contribution in [0, 0.1) is 11.6 Å². The van der Waals surface area contributed by atoms with Crippen molar-refractivity contribution in [2.75, 3.05) is 0 Å². The van der Waals surface area contributed by atoms with Crippen molar-refractivity contribution < 1.29 is 8.78 Å². The molecule has 0 nitrogen and oxygen atoms in total. The molecule has 0 radical (unpaired) electrons. The Balaban J connectivity index is 2.08. The largest absolute Gasteiger partial charge is 0.207 e. The van der Waals surface area contributed by atoms with E-state index in [0.29, 0.717) is 10.6 Å². The summed E-state index contributed by atoms with van der Waals surface area (Å²) < 4.78 is 27.0. The molecule has 0 atom stereocenters. The molecule has 0 fully saturated rings. The zero-order valence-corrected chi connectivity index (χ0v) is 11.3. The predicted octanol–water partition coefficient (Wildman–Crippen LogP) is 5.08. The van der Waals surface area contributed by atoms with Gasteiger partial charge >= 0.3 is 0 Å². The van der Waals surface area contributed by atoms with Crippen molar-refractivity contribution >= 4 is 39.0 Å². The van der Waals surface area contributed by atoms with E-state index in [1.165, 1.54) is 23.9 Å². The third-order valence-corrected chi connectivity index (χ3v) is 5.13. The minimum Gasteiger partial charge on any atom is -0.207 e. The Morgan fingerprint density at radius 3 is 2.69 bits per heavy atom. The number of thioether (sulfide) groups is 1. The molecule has 0 unspecified atom stereocenters. The topological polar surface area (TPSA) is 0 Å². The SMILES string of the molecule is Fc1ccc(SCc2sccc2Br)c(F)c1. The summed E-state index contributed by atoms with van der Waals surface area (Å²) in [6.45, 7) is 0. The minimum absolute atomic E-state index is 0.474. The highest BCUT2D eigenvalue weighted by Gasteiger charge is 2.07. The molecule has 1 aromatic heterocycles. The van der Waals surface area contributed by atoms with E-state index in [1.807, 2.05) is 11.4 Å². The van der Waals surface area contributed by atoms with Crippen molar-refractivity contribution in [1.29, 1.82) is 0 Å². The van der Waals surface area contributed by atoms with Gasteiger partial charge in [-0.2, -0.15) is 0 Å². The highest BCUT2D eigenvalue weighted by atomic mass is 79.9. The lowest BCUT2D eigenvalue weighted by molar-refractivity contribution is 0.565. The molecule has 0 saturated carbocycles. The van der Waals surface area contributed by atoms with Crippen LogP contribution in [0.4, 0.5) is 8.78 Å². The number of halogens is 3. The second-order valence-corrected chi connectivity index (χ2v) is 5.93. The summed E-state index contributed by atoms with van der Waals surface area (Å²) in [6.07, 6.45) is 0. The summed E-state index contributed by atoms with van der Waals surface area (Å²) in [4.78, 5) is 1.62. The summed E-state index contributed by atoms with van der Waals surface area (Å²) in [7, 11) is 0. The van der Waals surface area contributed by atoms with Crippen molar-refractivity contribution in [3.63, 3.8) is 0 Å². The maximum atomic E-state index is 13.3. The Morgan fingerprint density at radius 1 is 1.25 bits per heavy atom. The maximum Gasteiger partial charge on any atom is 0.139 e. The first-order chi connectivity index (χ1) is 7.66. The molecule has 2 rings (SSSR count). The predicted molar refractivity (Wildman–Crippen MR) is 67.9 cm³/mol. The van der Waals surface area contributed by atoms with Crippen molar-refractivity contribution in [3.05, 3.63) is 50.6 Å². The second-order valence-electron chi connectivity index (χ2n) is 3.06. The van der Waals surface area contributed by atoms with Gasteiger partial charge in [0.15, 0.2) is 0 Å². The molecular formula is C11H7BrF2S2. The summed E-state index contributed by atoms with van der Waals surface area (Å²) in [5.74, 6) is -0.363. The third kappa shape index (κ3) is 2.84. The van der Waals surface area contributed by atoms with E-state index < -0.39 is 11.6 Å². The standard InChI is InChI=1S/C11H7BrF2S2/c12-8-3-4-15-11(8)6-16-10-2-1-7(13)5-9(10)14/h1-5H,6H2. The summed E-state index contributed by atoms with van der Waals surface area (Å²) in [6, 6.07) is 5.61. The number of hydrogen-bond acceptors (Lipinski definition) is 2. The molecule has 0 N–H and O–H groups in total. The lowest BCUT2D eigenvalue weighted by Gasteiger charge is -2.02. The Kier molecular flexibility index (Phi) is 4.00. The molecular weight excluding hydrogens is 314 g/mol. The van der Waals surface area contributed by atoms with Crippen molar-refractivity contribution in [2.45, 2.75) is 10.6 Å². The van der Waals surface area contributed by atoms with Gasteiger partial charge in [0, 0.05) is 26.1 Å². The third-order valence-electron chi connectivity index (χ3n) is 1.94. The van der Waals surface area contributed by atoms with Crippen LogP contribution in [0.1, 0.15) is 4.88 Å². The van der Waals surface area contributed by atoms with Crippen LogP contribution in [0.3, 0.4) is 0 Å². The Hall–Kier alpha value is -0.390. The molecule has 5 heteroatoms. The molecule has 2 aromatic rings. The molecule has 1 heterocycles. The molecule has 0 aliphatic heterocycles. The number of rotatable bonds is 3. The van der Waals surface area contributed by atoms with Crippen LogP contribution in [-0.2, 0) is 5.75 Å². The zero-order chi connectivity index (χ0) is 11.5. The van der Waals surface area contributed by atoms with Gasteiger partial charge in [0.1, 0.15) is 11.6 Å². The van der Waals surface area contributed by atoms with E-state index in [4.69, 9.17) is 0 Å². The average molecular weight is 321 g/mol. The van der Waals surface area contributed by atoms with Gasteiger partial charge in [-0.25, -0.2) is 8.78 Å². The molecule has 0 amide bonds. The Labute approximate surface area is 109 Å². The fourth-order valence-corrected chi connectivity index (χ4v) is 3.88. The van der Waals surface area contributed by atoms with Crippen LogP contribution in [0.15, 0.2) is 39.0 Å². The first kappa shape index (κ1) is 12.1. The monoisotopic (exact) mass is 320 g/mol. The molecule has 16 heavy (non-hydrogen) atoms. The van der Waals surface area contributed by atoms with E-state index in [0.717, 1.165) is 15.4 Å². The molecule has 0 bridgehead atoms. The van der Waals surface area contributed by atoms with Crippen molar-refractivity contribution in [1.82, 2.24) is 0 Å². The van der Waals surface area contributed by atoms with Crippen molar-refractivity contribution in [2.24, 2.45) is 0 Å². The van der Waals surface area contributed by atoms with Crippen LogP contribution in [0.2, 0.25) is 0 Å². The first-order valence-electron chi connectivity index (χ1n) is 4.46. The highest BCUT2D eigenvalue weighted by Crippen LogP contribution is 2.31. The van der Waals surface area contributed by atoms with Crippen LogP contribution in [0.5, 0.6) is 0 Å². The molecule has 0 spiro atoms. The first-order valence-corrected chi connectivity index (χ1v) is 7.12. The minimum atomic E-state index is -0.542. The smallest absolute Gasteiger partial charge is 0.139 e. The van der Waals surface area contributed by atoms with E-state index >= 15 is 0 Å². The van der Waals surface area contributed by atoms with Crippen molar-refractivity contribution in [3.8, 4) is 0 Å². The zero-order valence-electron chi connectivity index (χ0n) is 8.04. The fourth-order valence-electron chi connectivity index (χ4n) is 1.16. The number of thiophene rings is 1. The van der Waals surface area contributed by atoms with Gasteiger partial charge in [0.2, 0.25) is 0 Å². The molecule has 0 aliphatic rings. The lowest BCUT2D eigenvalue weighted by Crippen LogP contribution is -1.84. The van der Waals surface area contributed by atoms with Gasteiger partial charge < -0.3 is 0 Å². The average Bonchev–Trinajstić information content (AvgIpc) is 2.63. The molecule has 1 aromatic carbocycles. The summed E-state index contributed by atoms with van der Waals surface area (Å²) >= 11 is 6.39. The highest BCUT2D eigenvalue weighted by molar-refractivity contribution is 9.10. The van der Waals surface area contributed by atoms with Crippen LogP contribution in [-0.4, -0.2) is 0 Å². The van der Waals surface area contributed by atoms with Gasteiger partial charge in [0.25, 0.3) is 0 Å². The summed E-state index contributed by atoms with van der Waals surface area (Å²) in [5, 5.41) is 1.97. The molecule has 0 aliphatic carbocycles. The van der Waals surface area contributed by atoms with Gasteiger partial charge in [-0.15, -0.1) is 23.1 Å². The van der Waals surface area contributed by atoms with Gasteiger partial charge in [-0.1, -0.05) is 0 Å². The van der Waals surface area contributed by atoms with E-state index in [9.17, 15) is 8.78 Å². The summed E-state index contributed by atoms with van der Waals surface area (Å²) in [5.41, 5.74) is 0. The van der Waals surface area contributed by atoms with E-state index in [1.54, 1.807) is 11.3 Å². The Bertz CT molecular complexity index is 496. The van der Waals surface area contributed by atoms with Gasteiger partial charge in [0.05, 0.1) is 0 Å². The number of hydrogen-bond donors (Lipinski definition) is 0. The second kappa shape index (κ2) is 5.29.